The van der Waals surface area contributed by atoms with Crippen LogP contribution in [0.5, 0.6) is 28.7 Å². The molecule has 0 unspecified atom stereocenters. The number of hydrogen-bond acceptors (Lipinski definition) is 8. The molecule has 2 heterocycles. The maximum Gasteiger partial charge on any atom is 0.422 e. The van der Waals surface area contributed by atoms with Crippen LogP contribution in [0, 0.1) is 5.82 Å². The molecule has 0 fully saturated rings. The van der Waals surface area contributed by atoms with Crippen LogP contribution in [0.1, 0.15) is 10.5 Å². The van der Waals surface area contributed by atoms with Crippen molar-refractivity contribution in [3.05, 3.63) is 60.3 Å². The zero-order chi connectivity index (χ0) is 28.2. The monoisotopic (exact) mass is 549 g/mol. The van der Waals surface area contributed by atoms with Crippen molar-refractivity contribution >= 4 is 22.5 Å². The molecular weight excluding hydrogens is 526 g/mol. The lowest BCUT2D eigenvalue weighted by molar-refractivity contribution is -0.153. The van der Waals surface area contributed by atoms with E-state index >= 15 is 0 Å². The van der Waals surface area contributed by atoms with Crippen LogP contribution in [-0.4, -0.2) is 54.2 Å². The van der Waals surface area contributed by atoms with Crippen LogP contribution in [0.3, 0.4) is 0 Å². The fraction of sp³-hybridized carbons (Fsp3) is 0.240. The Bertz CT molecular complexity index is 1490. The van der Waals surface area contributed by atoms with E-state index in [4.69, 9.17) is 24.7 Å². The smallest absolute Gasteiger partial charge is 0.422 e. The van der Waals surface area contributed by atoms with Gasteiger partial charge in [0.25, 0.3) is 5.91 Å². The highest BCUT2D eigenvalue weighted by molar-refractivity contribution is 6.04. The largest absolute Gasteiger partial charge is 0.493 e. The van der Waals surface area contributed by atoms with E-state index in [0.29, 0.717) is 28.2 Å². The molecule has 10 nitrogen and oxygen atoms in total. The number of carbonyl (C=O) groups is 1. The number of nitrogens with zero attached hydrogens (tertiary/aromatic N) is 3. The molecule has 14 heteroatoms. The summed E-state index contributed by atoms with van der Waals surface area (Å²) >= 11 is 0. The summed E-state index contributed by atoms with van der Waals surface area (Å²) in [6.07, 6.45) is -2.01. The molecule has 0 aliphatic carbocycles. The first kappa shape index (κ1) is 27.4. The van der Waals surface area contributed by atoms with Crippen molar-refractivity contribution in [3.8, 4) is 28.7 Å². The summed E-state index contributed by atoms with van der Waals surface area (Å²) in [4.78, 5) is 17.0. The van der Waals surface area contributed by atoms with Gasteiger partial charge in [0.1, 0.15) is 17.3 Å². The maximum absolute atomic E-state index is 14.9. The lowest BCUT2D eigenvalue weighted by atomic mass is 10.2. The molecule has 206 valence electrons. The Balaban J connectivity index is 1.55. The van der Waals surface area contributed by atoms with Crippen molar-refractivity contribution < 1.29 is 41.3 Å². The van der Waals surface area contributed by atoms with Gasteiger partial charge in [-0.3, -0.25) is 14.5 Å². The molecule has 0 radical (unpaired) electrons. The third-order valence-corrected chi connectivity index (χ3v) is 5.32. The van der Waals surface area contributed by atoms with E-state index < -0.39 is 36.0 Å². The highest BCUT2D eigenvalue weighted by atomic mass is 19.4. The van der Waals surface area contributed by atoms with Gasteiger partial charge in [0, 0.05) is 30.3 Å². The summed E-state index contributed by atoms with van der Waals surface area (Å²) in [6, 6.07) is 8.60. The van der Waals surface area contributed by atoms with Crippen LogP contribution in [0.2, 0.25) is 0 Å². The molecule has 39 heavy (non-hydrogen) atoms. The zero-order valence-electron chi connectivity index (χ0n) is 20.7. The number of nitrogens with one attached hydrogen (secondary N) is 1. The SMILES string of the molecule is COc1cc2nccc(Oc3ccc(NC(=O)c4nn(CCN)cc4OCC(F)(F)F)c(F)c3)c2cc1OC. The second-order valence-corrected chi connectivity index (χ2v) is 8.03. The van der Waals surface area contributed by atoms with Gasteiger partial charge in [-0.15, -0.1) is 0 Å². The number of halogens is 4. The third kappa shape index (κ3) is 6.46. The van der Waals surface area contributed by atoms with Gasteiger partial charge in [0.2, 0.25) is 0 Å². The minimum atomic E-state index is -4.64. The van der Waals surface area contributed by atoms with Crippen LogP contribution in [0.4, 0.5) is 23.2 Å². The van der Waals surface area contributed by atoms with E-state index in [1.165, 1.54) is 32.5 Å². The third-order valence-electron chi connectivity index (χ3n) is 5.32. The molecule has 0 aliphatic rings. The van der Waals surface area contributed by atoms with Crippen molar-refractivity contribution in [3.63, 3.8) is 0 Å². The summed E-state index contributed by atoms with van der Waals surface area (Å²) in [7, 11) is 2.98. The Kier molecular flexibility index (Phi) is 8.04. The number of nitrogens with two attached hydrogens (primary N) is 1. The molecule has 4 aromatic rings. The van der Waals surface area contributed by atoms with Gasteiger partial charge in [0.05, 0.1) is 38.2 Å². The van der Waals surface area contributed by atoms with E-state index in [9.17, 15) is 22.4 Å². The van der Waals surface area contributed by atoms with Crippen LogP contribution in [-0.2, 0) is 6.54 Å². The first-order valence-corrected chi connectivity index (χ1v) is 11.4. The number of benzene rings is 2. The quantitative estimate of drug-likeness (QED) is 0.277. The molecule has 3 N–H and O–H groups in total. The topological polar surface area (TPSA) is 123 Å². The highest BCUT2D eigenvalue weighted by Crippen LogP contribution is 2.37. The first-order chi connectivity index (χ1) is 18.6. The van der Waals surface area contributed by atoms with E-state index in [-0.39, 0.29) is 24.5 Å². The molecule has 0 spiro atoms. The fourth-order valence-corrected chi connectivity index (χ4v) is 3.58. The number of anilines is 1. The number of rotatable bonds is 10. The normalized spacial score (nSPS) is 11.4. The maximum atomic E-state index is 14.9. The van der Waals surface area contributed by atoms with E-state index in [1.54, 1.807) is 18.2 Å². The molecule has 2 aromatic heterocycles. The predicted octanol–water partition coefficient (Wildman–Crippen LogP) is 4.53. The lowest BCUT2D eigenvalue weighted by Crippen LogP contribution is -2.21. The average Bonchev–Trinajstić information content (AvgIpc) is 3.31. The van der Waals surface area contributed by atoms with Gasteiger partial charge in [-0.1, -0.05) is 0 Å². The molecule has 4 rings (SSSR count). The van der Waals surface area contributed by atoms with E-state index in [2.05, 4.69) is 15.4 Å². The van der Waals surface area contributed by atoms with Crippen molar-refractivity contribution in [2.45, 2.75) is 12.7 Å². The van der Waals surface area contributed by atoms with Gasteiger partial charge < -0.3 is 30.0 Å². The summed E-state index contributed by atoms with van der Waals surface area (Å²) in [6.45, 7) is -1.40. The van der Waals surface area contributed by atoms with E-state index in [1.807, 2.05) is 0 Å². The van der Waals surface area contributed by atoms with Crippen LogP contribution < -0.4 is 30.0 Å². The Hall–Kier alpha value is -4.59. The number of aromatic nitrogens is 3. The zero-order valence-corrected chi connectivity index (χ0v) is 20.7. The summed E-state index contributed by atoms with van der Waals surface area (Å²) in [5.74, 6) is -0.881. The molecule has 0 saturated carbocycles. The van der Waals surface area contributed by atoms with Crippen molar-refractivity contribution in [2.24, 2.45) is 5.73 Å². The second kappa shape index (κ2) is 11.4. The number of ether oxygens (including phenoxy) is 4. The van der Waals surface area contributed by atoms with Gasteiger partial charge in [-0.25, -0.2) is 4.39 Å². The summed E-state index contributed by atoms with van der Waals surface area (Å²) < 4.78 is 75.2. The first-order valence-electron chi connectivity index (χ1n) is 11.4. The van der Waals surface area contributed by atoms with Crippen LogP contribution in [0.25, 0.3) is 10.9 Å². The average molecular weight is 549 g/mol. The number of pyridine rings is 1. The summed E-state index contributed by atoms with van der Waals surface area (Å²) in [5.41, 5.74) is 5.29. The van der Waals surface area contributed by atoms with Crippen molar-refractivity contribution in [1.82, 2.24) is 14.8 Å². The molecule has 0 bridgehead atoms. The Morgan fingerprint density at radius 3 is 2.46 bits per heavy atom. The van der Waals surface area contributed by atoms with Gasteiger partial charge >= 0.3 is 6.18 Å². The molecule has 0 atom stereocenters. The predicted molar refractivity (Wildman–Crippen MR) is 132 cm³/mol. The highest BCUT2D eigenvalue weighted by Gasteiger charge is 2.30. The number of hydrogen-bond donors (Lipinski definition) is 2. The Labute approximate surface area is 219 Å². The second-order valence-electron chi connectivity index (χ2n) is 8.03. The number of alkyl halides is 3. The number of fused-ring (bicyclic) bond motifs is 1. The van der Waals surface area contributed by atoms with Crippen LogP contribution >= 0.6 is 0 Å². The molecule has 1 amide bonds. The summed E-state index contributed by atoms with van der Waals surface area (Å²) in [5, 5.41) is 6.78. The lowest BCUT2D eigenvalue weighted by Gasteiger charge is -2.13. The number of methoxy groups -OCH3 is 2. The van der Waals surface area contributed by atoms with Gasteiger partial charge in [-0.2, -0.15) is 18.3 Å². The fourth-order valence-electron chi connectivity index (χ4n) is 3.58. The molecule has 2 aromatic carbocycles. The molecule has 0 aliphatic heterocycles. The Morgan fingerprint density at radius 2 is 1.79 bits per heavy atom. The number of carbonyl (C=O) groups excluding carboxylic acids is 1. The standard InChI is InChI=1S/C25H23F4N5O5/c1-36-20-10-15-18(11-21(20)37-2)31-7-5-19(15)39-14-3-4-17(16(26)9-14)32-24(35)23-22(38-13-25(27,28)29)12-34(33-23)8-6-30/h3-5,7,9-12H,6,8,13,30H2,1-2H3,(H,32,35). The minimum Gasteiger partial charge on any atom is -0.493 e. The van der Waals surface area contributed by atoms with Crippen LogP contribution in [0.15, 0.2) is 48.8 Å². The van der Waals surface area contributed by atoms with Gasteiger partial charge in [-0.05, 0) is 24.3 Å². The van der Waals surface area contributed by atoms with Crippen molar-refractivity contribution in [2.75, 3.05) is 32.7 Å². The minimum absolute atomic E-state index is 0.106. The molecular formula is C25H23F4N5O5. The number of amides is 1. The Morgan fingerprint density at radius 1 is 1.05 bits per heavy atom. The van der Waals surface area contributed by atoms with E-state index in [0.717, 1.165) is 16.9 Å². The van der Waals surface area contributed by atoms with Gasteiger partial charge in [0.15, 0.2) is 29.5 Å². The molecule has 0 saturated heterocycles. The van der Waals surface area contributed by atoms with Crippen molar-refractivity contribution in [1.29, 1.82) is 0 Å².